The van der Waals surface area contributed by atoms with Crippen LogP contribution in [0.1, 0.15) is 21.7 Å². The number of halogens is 1. The molecule has 4 rings (SSSR count). The largest absolute Gasteiger partial charge is 0.485 e. The summed E-state index contributed by atoms with van der Waals surface area (Å²) in [4.78, 5) is 24.2. The second-order valence-electron chi connectivity index (χ2n) is 6.43. The van der Waals surface area contributed by atoms with E-state index in [4.69, 9.17) is 22.1 Å². The summed E-state index contributed by atoms with van der Waals surface area (Å²) in [6.07, 6.45) is 0. The molecule has 0 aliphatic carbocycles. The molecule has 0 fully saturated rings. The second-order valence-corrected chi connectivity index (χ2v) is 6.87. The number of amides is 1. The Morgan fingerprint density at radius 1 is 1.21 bits per heavy atom. The maximum Gasteiger partial charge on any atom is 0.262 e. The maximum absolute atomic E-state index is 12.6. The molecule has 0 saturated heterocycles. The number of aryl methyl sites for hydroxylation is 2. The molecule has 4 aromatic rings. The van der Waals surface area contributed by atoms with Crippen molar-refractivity contribution in [1.29, 1.82) is 0 Å². The maximum atomic E-state index is 12.6. The number of ether oxygens (including phenoxy) is 1. The zero-order valence-corrected chi connectivity index (χ0v) is 15.9. The molecule has 28 heavy (non-hydrogen) atoms. The van der Waals surface area contributed by atoms with Gasteiger partial charge in [-0.05, 0) is 37.3 Å². The van der Waals surface area contributed by atoms with Gasteiger partial charge in [0, 0.05) is 12.1 Å². The number of fused-ring (bicyclic) bond motifs is 3. The van der Waals surface area contributed by atoms with Crippen LogP contribution in [0.3, 0.4) is 0 Å². The van der Waals surface area contributed by atoms with E-state index in [2.05, 4.69) is 10.2 Å². The van der Waals surface area contributed by atoms with Gasteiger partial charge in [0.2, 0.25) is 5.78 Å². The molecule has 2 heterocycles. The van der Waals surface area contributed by atoms with Crippen LogP contribution >= 0.6 is 11.6 Å². The zero-order valence-electron chi connectivity index (χ0n) is 15.1. The van der Waals surface area contributed by atoms with Crippen molar-refractivity contribution in [1.82, 2.24) is 19.2 Å². The number of nitrogens with two attached hydrogens (primary N) is 1. The Hall–Kier alpha value is -3.39. The number of hydrogen-bond acceptors (Lipinski definition) is 5. The molecule has 9 heteroatoms. The molecular weight excluding hydrogens is 382 g/mol. The van der Waals surface area contributed by atoms with E-state index in [1.807, 2.05) is 25.1 Å². The minimum Gasteiger partial charge on any atom is -0.485 e. The third-order valence-electron chi connectivity index (χ3n) is 4.51. The van der Waals surface area contributed by atoms with Crippen LogP contribution in [0.4, 0.5) is 0 Å². The van der Waals surface area contributed by atoms with E-state index in [-0.39, 0.29) is 23.5 Å². The summed E-state index contributed by atoms with van der Waals surface area (Å²) in [5.74, 6) is 0.485. The molecule has 0 spiro atoms. The highest BCUT2D eigenvalue weighted by atomic mass is 35.5. The fraction of sp³-hybridized carbons (Fsp3) is 0.158. The van der Waals surface area contributed by atoms with Gasteiger partial charge in [-0.25, -0.2) is 0 Å². The molecule has 0 atom stereocenters. The Labute approximate surface area is 164 Å². The van der Waals surface area contributed by atoms with E-state index >= 15 is 0 Å². The first kappa shape index (κ1) is 18.0. The molecule has 142 valence electrons. The normalized spacial score (nSPS) is 11.2. The van der Waals surface area contributed by atoms with E-state index in [0.29, 0.717) is 27.5 Å². The molecule has 8 nitrogen and oxygen atoms in total. The third kappa shape index (κ3) is 2.87. The Kier molecular flexibility index (Phi) is 4.27. The average Bonchev–Trinajstić information content (AvgIpc) is 3.08. The van der Waals surface area contributed by atoms with Gasteiger partial charge in [0.25, 0.3) is 11.5 Å². The topological polar surface area (TPSA) is 105 Å². The van der Waals surface area contributed by atoms with Gasteiger partial charge in [0.05, 0.1) is 16.5 Å². The van der Waals surface area contributed by atoms with E-state index in [1.165, 1.54) is 16.7 Å². The van der Waals surface area contributed by atoms with Crippen molar-refractivity contribution >= 4 is 34.2 Å². The highest BCUT2D eigenvalue weighted by Crippen LogP contribution is 2.24. The van der Waals surface area contributed by atoms with Gasteiger partial charge in [-0.1, -0.05) is 23.2 Å². The molecular formula is C19H16ClN5O3. The number of hydrogen-bond donors (Lipinski definition) is 1. The first-order valence-corrected chi connectivity index (χ1v) is 8.80. The summed E-state index contributed by atoms with van der Waals surface area (Å²) in [6.45, 7) is 1.92. The lowest BCUT2D eigenvalue weighted by atomic mass is 10.1. The Balaban J connectivity index is 1.83. The van der Waals surface area contributed by atoms with E-state index in [0.717, 1.165) is 5.56 Å². The summed E-state index contributed by atoms with van der Waals surface area (Å²) in [6, 6.07) is 10.2. The SMILES string of the molecule is Cc1ccc2c(c1)c(=O)n(C)c1nnc(COc3cc(Cl)ccc3C(N)=O)n21. The number of aromatic nitrogens is 4. The van der Waals surface area contributed by atoms with Crippen LogP contribution < -0.4 is 16.0 Å². The number of nitrogens with zero attached hydrogens (tertiary/aromatic N) is 4. The van der Waals surface area contributed by atoms with Crippen molar-refractivity contribution in [3.05, 3.63) is 68.7 Å². The van der Waals surface area contributed by atoms with Crippen LogP contribution in [0, 0.1) is 6.92 Å². The molecule has 2 aromatic carbocycles. The highest BCUT2D eigenvalue weighted by Gasteiger charge is 2.17. The standard InChI is InChI=1S/C19H16ClN5O3/c1-10-3-6-14-13(7-10)18(27)24(2)19-23-22-16(25(14)19)9-28-15-8-11(20)4-5-12(15)17(21)26/h3-8H,9H2,1-2H3,(H2,21,26). The van der Waals surface area contributed by atoms with E-state index < -0.39 is 5.91 Å². The van der Waals surface area contributed by atoms with Crippen molar-refractivity contribution in [2.45, 2.75) is 13.5 Å². The first-order chi connectivity index (χ1) is 13.4. The van der Waals surface area contributed by atoms with Crippen molar-refractivity contribution < 1.29 is 9.53 Å². The molecule has 0 radical (unpaired) electrons. The number of rotatable bonds is 4. The minimum absolute atomic E-state index is 0.00295. The van der Waals surface area contributed by atoms with Gasteiger partial charge in [0.1, 0.15) is 12.4 Å². The van der Waals surface area contributed by atoms with Gasteiger partial charge < -0.3 is 10.5 Å². The smallest absolute Gasteiger partial charge is 0.262 e. The van der Waals surface area contributed by atoms with E-state index in [1.54, 1.807) is 17.5 Å². The van der Waals surface area contributed by atoms with Gasteiger partial charge in [-0.15, -0.1) is 10.2 Å². The lowest BCUT2D eigenvalue weighted by molar-refractivity contribution is 0.0995. The van der Waals surface area contributed by atoms with Crippen LogP contribution in [0.25, 0.3) is 16.7 Å². The summed E-state index contributed by atoms with van der Waals surface area (Å²) in [5, 5.41) is 9.24. The van der Waals surface area contributed by atoms with Crippen LogP contribution in [-0.2, 0) is 13.7 Å². The Morgan fingerprint density at radius 3 is 2.75 bits per heavy atom. The minimum atomic E-state index is -0.624. The monoisotopic (exact) mass is 397 g/mol. The molecule has 1 amide bonds. The molecule has 2 N–H and O–H groups in total. The van der Waals surface area contributed by atoms with Crippen molar-refractivity contribution in [2.24, 2.45) is 12.8 Å². The van der Waals surface area contributed by atoms with Crippen molar-refractivity contribution in [3.63, 3.8) is 0 Å². The molecule has 0 saturated carbocycles. The fourth-order valence-electron chi connectivity index (χ4n) is 3.11. The summed E-state index contributed by atoms with van der Waals surface area (Å²) < 4.78 is 8.97. The number of carbonyl (C=O) groups excluding carboxylic acids is 1. The second kappa shape index (κ2) is 6.65. The van der Waals surface area contributed by atoms with Crippen molar-refractivity contribution in [3.8, 4) is 5.75 Å². The van der Waals surface area contributed by atoms with Gasteiger partial charge in [-0.3, -0.25) is 18.6 Å². The lowest BCUT2D eigenvalue weighted by Gasteiger charge is -2.11. The summed E-state index contributed by atoms with van der Waals surface area (Å²) in [5.41, 5.74) is 7.10. The first-order valence-electron chi connectivity index (χ1n) is 8.42. The Bertz CT molecular complexity index is 1310. The van der Waals surface area contributed by atoms with Crippen LogP contribution in [0.2, 0.25) is 5.02 Å². The number of carbonyl (C=O) groups is 1. The molecule has 0 unspecified atom stereocenters. The average molecular weight is 398 g/mol. The lowest BCUT2D eigenvalue weighted by Crippen LogP contribution is -2.21. The highest BCUT2D eigenvalue weighted by molar-refractivity contribution is 6.30. The molecule has 0 aliphatic heterocycles. The molecule has 0 aliphatic rings. The third-order valence-corrected chi connectivity index (χ3v) is 4.74. The number of benzene rings is 2. The summed E-state index contributed by atoms with van der Waals surface area (Å²) in [7, 11) is 1.64. The number of primary amides is 1. The fourth-order valence-corrected chi connectivity index (χ4v) is 3.28. The molecule has 0 bridgehead atoms. The van der Waals surface area contributed by atoms with E-state index in [9.17, 15) is 9.59 Å². The van der Waals surface area contributed by atoms with Crippen LogP contribution in [-0.4, -0.2) is 25.1 Å². The zero-order chi connectivity index (χ0) is 20.0. The van der Waals surface area contributed by atoms with Gasteiger partial charge in [-0.2, -0.15) is 0 Å². The van der Waals surface area contributed by atoms with Crippen LogP contribution in [0.5, 0.6) is 5.75 Å². The predicted octanol–water partition coefficient (Wildman–Crippen LogP) is 2.22. The molecule has 2 aromatic heterocycles. The summed E-state index contributed by atoms with van der Waals surface area (Å²) >= 11 is 6.00. The quantitative estimate of drug-likeness (QED) is 0.568. The van der Waals surface area contributed by atoms with Gasteiger partial charge in [0.15, 0.2) is 5.82 Å². The van der Waals surface area contributed by atoms with Gasteiger partial charge >= 0.3 is 0 Å². The Morgan fingerprint density at radius 2 is 2.00 bits per heavy atom. The predicted molar refractivity (Wildman–Crippen MR) is 105 cm³/mol. The van der Waals surface area contributed by atoms with Crippen molar-refractivity contribution in [2.75, 3.05) is 0 Å². The van der Waals surface area contributed by atoms with Crippen LogP contribution in [0.15, 0.2) is 41.2 Å².